The second-order valence-corrected chi connectivity index (χ2v) is 5.61. The zero-order chi connectivity index (χ0) is 16.8. The first-order valence-corrected chi connectivity index (χ1v) is 7.98. The largest absolute Gasteiger partial charge is 0.352 e. The van der Waals surface area contributed by atoms with Gasteiger partial charge in [0.1, 0.15) is 5.82 Å². The lowest BCUT2D eigenvalue weighted by molar-refractivity contribution is -0.121. The van der Waals surface area contributed by atoms with Crippen molar-refractivity contribution in [3.63, 3.8) is 0 Å². The third-order valence-corrected chi connectivity index (χ3v) is 3.92. The normalized spacial score (nSPS) is 10.5. The molecule has 5 heteroatoms. The molecule has 0 radical (unpaired) electrons. The molecule has 0 atom stereocenters. The van der Waals surface area contributed by atoms with Gasteiger partial charge in [0.25, 0.3) is 0 Å². The van der Waals surface area contributed by atoms with E-state index in [0.717, 1.165) is 22.6 Å². The van der Waals surface area contributed by atoms with Crippen LogP contribution in [-0.2, 0) is 17.8 Å². The summed E-state index contributed by atoms with van der Waals surface area (Å²) in [5.74, 6) is 0.960. The summed E-state index contributed by atoms with van der Waals surface area (Å²) in [6.45, 7) is 2.46. The Bertz CT molecular complexity index is 811. The number of nitrogens with one attached hydrogen (secondary N) is 1. The Morgan fingerprint density at radius 2 is 2.04 bits per heavy atom. The number of amides is 1. The van der Waals surface area contributed by atoms with Crippen LogP contribution in [-0.4, -0.2) is 20.4 Å². The molecule has 0 aliphatic carbocycles. The maximum Gasteiger partial charge on any atom is 0.220 e. The molecule has 1 amide bonds. The Hall–Kier alpha value is -2.95. The van der Waals surface area contributed by atoms with Gasteiger partial charge in [0, 0.05) is 37.8 Å². The highest BCUT2D eigenvalue weighted by Crippen LogP contribution is 2.16. The highest BCUT2D eigenvalue weighted by Gasteiger charge is 2.08. The fraction of sp³-hybridized carbons (Fsp3) is 0.211. The third-order valence-electron chi connectivity index (χ3n) is 3.92. The predicted octanol–water partition coefficient (Wildman–Crippen LogP) is 2.82. The van der Waals surface area contributed by atoms with Crippen molar-refractivity contribution >= 4 is 5.91 Å². The number of imidazole rings is 1. The molecule has 3 rings (SSSR count). The van der Waals surface area contributed by atoms with Crippen molar-refractivity contribution in [3.8, 4) is 5.69 Å². The molecule has 1 aromatic carbocycles. The van der Waals surface area contributed by atoms with Crippen molar-refractivity contribution in [3.05, 3.63) is 78.1 Å². The monoisotopic (exact) mass is 320 g/mol. The summed E-state index contributed by atoms with van der Waals surface area (Å²) < 4.78 is 2.02. The highest BCUT2D eigenvalue weighted by atomic mass is 16.1. The van der Waals surface area contributed by atoms with Gasteiger partial charge in [0.05, 0.1) is 5.69 Å². The Morgan fingerprint density at radius 1 is 1.17 bits per heavy atom. The minimum atomic E-state index is 0.0380. The number of carbonyl (C=O) groups excluding carboxylic acids is 1. The van der Waals surface area contributed by atoms with Gasteiger partial charge in [-0.25, -0.2) is 4.98 Å². The number of rotatable bonds is 6. The summed E-state index contributed by atoms with van der Waals surface area (Å²) in [7, 11) is 0. The van der Waals surface area contributed by atoms with Crippen molar-refractivity contribution in [1.29, 1.82) is 0 Å². The van der Waals surface area contributed by atoms with Gasteiger partial charge in [0.2, 0.25) is 5.91 Å². The van der Waals surface area contributed by atoms with Gasteiger partial charge in [-0.1, -0.05) is 24.3 Å². The lowest BCUT2D eigenvalue weighted by Crippen LogP contribution is -2.23. The maximum absolute atomic E-state index is 12.1. The molecule has 0 bridgehead atoms. The van der Waals surface area contributed by atoms with E-state index in [9.17, 15) is 4.79 Å². The van der Waals surface area contributed by atoms with Crippen molar-refractivity contribution in [2.75, 3.05) is 0 Å². The van der Waals surface area contributed by atoms with E-state index in [4.69, 9.17) is 0 Å². The summed E-state index contributed by atoms with van der Waals surface area (Å²) in [5.41, 5.74) is 3.18. The smallest absolute Gasteiger partial charge is 0.220 e. The van der Waals surface area contributed by atoms with Crippen molar-refractivity contribution in [2.24, 2.45) is 0 Å². The molecule has 122 valence electrons. The SMILES string of the molecule is Cc1nccn1-c1ccccc1CNC(=O)CCc1cccnc1. The van der Waals surface area contributed by atoms with Crippen LogP contribution in [0, 0.1) is 6.92 Å². The standard InChI is InChI=1S/C19H20N4O/c1-15-21-11-12-23(15)18-7-3-2-6-17(18)14-22-19(24)9-8-16-5-4-10-20-13-16/h2-7,10-13H,8-9,14H2,1H3,(H,22,24). The van der Waals surface area contributed by atoms with Crippen molar-refractivity contribution in [1.82, 2.24) is 19.9 Å². The zero-order valence-electron chi connectivity index (χ0n) is 13.6. The van der Waals surface area contributed by atoms with Crippen molar-refractivity contribution < 1.29 is 4.79 Å². The predicted molar refractivity (Wildman–Crippen MR) is 92.7 cm³/mol. The summed E-state index contributed by atoms with van der Waals surface area (Å²) in [5, 5.41) is 3.00. The molecule has 1 N–H and O–H groups in total. The number of carbonyl (C=O) groups is 1. The second kappa shape index (κ2) is 7.55. The van der Waals surface area contributed by atoms with Gasteiger partial charge in [-0.15, -0.1) is 0 Å². The molecule has 3 aromatic rings. The van der Waals surface area contributed by atoms with Crippen LogP contribution in [0.1, 0.15) is 23.4 Å². The van der Waals surface area contributed by atoms with Gasteiger partial charge in [0.15, 0.2) is 0 Å². The fourth-order valence-electron chi connectivity index (χ4n) is 2.61. The molecular formula is C19H20N4O. The molecule has 0 saturated carbocycles. The molecule has 0 aliphatic rings. The summed E-state index contributed by atoms with van der Waals surface area (Å²) in [4.78, 5) is 20.4. The molecule has 24 heavy (non-hydrogen) atoms. The Labute approximate surface area is 141 Å². The fourth-order valence-corrected chi connectivity index (χ4v) is 2.61. The molecular weight excluding hydrogens is 300 g/mol. The zero-order valence-corrected chi connectivity index (χ0v) is 13.6. The first-order chi connectivity index (χ1) is 11.7. The number of nitrogens with zero attached hydrogens (tertiary/aromatic N) is 3. The van der Waals surface area contributed by atoms with E-state index in [0.29, 0.717) is 19.4 Å². The highest BCUT2D eigenvalue weighted by molar-refractivity contribution is 5.76. The van der Waals surface area contributed by atoms with E-state index in [1.54, 1.807) is 18.6 Å². The van der Waals surface area contributed by atoms with Crippen LogP contribution < -0.4 is 5.32 Å². The quantitative estimate of drug-likeness (QED) is 0.760. The molecule has 0 unspecified atom stereocenters. The lowest BCUT2D eigenvalue weighted by Gasteiger charge is -2.12. The number of pyridine rings is 1. The third kappa shape index (κ3) is 3.87. The van der Waals surface area contributed by atoms with E-state index in [1.165, 1.54) is 0 Å². The lowest BCUT2D eigenvalue weighted by atomic mass is 10.1. The van der Waals surface area contributed by atoms with E-state index < -0.39 is 0 Å². The van der Waals surface area contributed by atoms with Crippen LogP contribution in [0.4, 0.5) is 0 Å². The summed E-state index contributed by atoms with van der Waals surface area (Å²) in [6.07, 6.45) is 8.39. The first kappa shape index (κ1) is 15.9. The Balaban J connectivity index is 1.61. The molecule has 0 spiro atoms. The number of hydrogen-bond donors (Lipinski definition) is 1. The van der Waals surface area contributed by atoms with Gasteiger partial charge in [-0.3, -0.25) is 9.78 Å². The summed E-state index contributed by atoms with van der Waals surface area (Å²) >= 11 is 0. The summed E-state index contributed by atoms with van der Waals surface area (Å²) in [6, 6.07) is 11.9. The van der Waals surface area contributed by atoms with Crippen molar-refractivity contribution in [2.45, 2.75) is 26.3 Å². The van der Waals surface area contributed by atoms with Crippen LogP contribution >= 0.6 is 0 Å². The Morgan fingerprint density at radius 3 is 2.79 bits per heavy atom. The van der Waals surface area contributed by atoms with Crippen LogP contribution in [0.2, 0.25) is 0 Å². The average Bonchev–Trinajstić information content (AvgIpc) is 3.05. The van der Waals surface area contributed by atoms with Gasteiger partial charge in [-0.2, -0.15) is 0 Å². The number of aromatic nitrogens is 3. The minimum absolute atomic E-state index is 0.0380. The second-order valence-electron chi connectivity index (χ2n) is 5.61. The molecule has 2 heterocycles. The number of hydrogen-bond acceptors (Lipinski definition) is 3. The topological polar surface area (TPSA) is 59.8 Å². The molecule has 0 fully saturated rings. The van der Waals surface area contributed by atoms with E-state index >= 15 is 0 Å². The first-order valence-electron chi connectivity index (χ1n) is 7.98. The van der Waals surface area contributed by atoms with Crippen LogP contribution in [0.25, 0.3) is 5.69 Å². The van der Waals surface area contributed by atoms with Gasteiger partial charge in [-0.05, 0) is 36.6 Å². The maximum atomic E-state index is 12.1. The number of para-hydroxylation sites is 1. The molecule has 0 aliphatic heterocycles. The molecule has 5 nitrogen and oxygen atoms in total. The Kier molecular flexibility index (Phi) is 5.01. The van der Waals surface area contributed by atoms with E-state index in [1.807, 2.05) is 54.1 Å². The van der Waals surface area contributed by atoms with E-state index in [-0.39, 0.29) is 5.91 Å². The van der Waals surface area contributed by atoms with Gasteiger partial charge < -0.3 is 9.88 Å². The van der Waals surface area contributed by atoms with Crippen LogP contribution in [0.5, 0.6) is 0 Å². The number of benzene rings is 1. The van der Waals surface area contributed by atoms with Crippen LogP contribution in [0.15, 0.2) is 61.2 Å². The van der Waals surface area contributed by atoms with Gasteiger partial charge >= 0.3 is 0 Å². The average molecular weight is 320 g/mol. The molecule has 0 saturated heterocycles. The molecule has 2 aromatic heterocycles. The number of aryl methyl sites for hydroxylation is 2. The van der Waals surface area contributed by atoms with E-state index in [2.05, 4.69) is 15.3 Å². The van der Waals surface area contributed by atoms with Crippen LogP contribution in [0.3, 0.4) is 0 Å². The minimum Gasteiger partial charge on any atom is -0.352 e.